The predicted octanol–water partition coefficient (Wildman–Crippen LogP) is 6.90. The maximum absolute atomic E-state index is 13.0. The normalized spacial score (nSPS) is 13.2. The van der Waals surface area contributed by atoms with Gasteiger partial charge in [-0.25, -0.2) is 15.0 Å². The van der Waals surface area contributed by atoms with Gasteiger partial charge in [-0.05, 0) is 61.9 Å². The van der Waals surface area contributed by atoms with E-state index in [0.717, 1.165) is 82.0 Å². The topological polar surface area (TPSA) is 96.7 Å². The Hall–Kier alpha value is -5.06. The Morgan fingerprint density at radius 3 is 2.53 bits per heavy atom. The molecule has 10 heteroatoms. The number of aryl methyl sites for hydroxylation is 2. The lowest BCUT2D eigenvalue weighted by molar-refractivity contribution is -0.115. The molecule has 1 aliphatic heterocycles. The highest BCUT2D eigenvalue weighted by Gasteiger charge is 2.19. The quantitative estimate of drug-likeness (QED) is 0.192. The largest absolute Gasteiger partial charge is 0.378 e. The van der Waals surface area contributed by atoms with Crippen LogP contribution in [-0.2, 0) is 16.0 Å². The van der Waals surface area contributed by atoms with E-state index in [1.807, 2.05) is 67.9 Å². The minimum absolute atomic E-state index is 0.0623. The van der Waals surface area contributed by atoms with Crippen LogP contribution in [0.3, 0.4) is 0 Å². The molecule has 1 aliphatic rings. The van der Waals surface area contributed by atoms with Crippen molar-refractivity contribution in [2.45, 2.75) is 20.3 Å². The van der Waals surface area contributed by atoms with Crippen LogP contribution < -0.4 is 15.5 Å². The average Bonchev–Trinajstić information content (AvgIpc) is 3.64. The number of morpholine rings is 1. The van der Waals surface area contributed by atoms with Gasteiger partial charge < -0.3 is 20.3 Å². The molecule has 2 N–H and O–H groups in total. The zero-order valence-electron chi connectivity index (χ0n) is 25.2. The van der Waals surface area contributed by atoms with E-state index in [2.05, 4.69) is 55.2 Å². The van der Waals surface area contributed by atoms with Crippen LogP contribution in [0, 0.1) is 13.8 Å². The number of thiazole rings is 1. The summed E-state index contributed by atoms with van der Waals surface area (Å²) in [6.45, 7) is 7.39. The van der Waals surface area contributed by atoms with E-state index in [-0.39, 0.29) is 5.91 Å². The number of hydrogen-bond donors (Lipinski definition) is 2. The molecule has 0 atom stereocenters. The lowest BCUT2D eigenvalue weighted by Crippen LogP contribution is -2.36. The Kier molecular flexibility index (Phi) is 7.98. The van der Waals surface area contributed by atoms with Gasteiger partial charge in [0.05, 0.1) is 31.0 Å². The van der Waals surface area contributed by atoms with Crippen molar-refractivity contribution in [3.05, 3.63) is 107 Å². The van der Waals surface area contributed by atoms with Crippen LogP contribution >= 0.6 is 11.3 Å². The molecule has 7 rings (SSSR count). The Balaban J connectivity index is 1.14. The van der Waals surface area contributed by atoms with Crippen molar-refractivity contribution in [2.24, 2.45) is 0 Å². The van der Waals surface area contributed by atoms with Crippen molar-refractivity contribution in [3.8, 4) is 22.6 Å². The van der Waals surface area contributed by atoms with Crippen molar-refractivity contribution < 1.29 is 9.53 Å². The molecule has 0 bridgehead atoms. The molecular formula is C35H33N7O2S. The van der Waals surface area contributed by atoms with Crippen LogP contribution in [0.2, 0.25) is 0 Å². The summed E-state index contributed by atoms with van der Waals surface area (Å²) in [5.41, 5.74) is 9.36. The summed E-state index contributed by atoms with van der Waals surface area (Å²) >= 11 is 1.56. The molecule has 9 nitrogen and oxygen atoms in total. The van der Waals surface area contributed by atoms with Crippen molar-refractivity contribution >= 4 is 45.2 Å². The van der Waals surface area contributed by atoms with Gasteiger partial charge in [-0.15, -0.1) is 11.3 Å². The van der Waals surface area contributed by atoms with Gasteiger partial charge in [-0.3, -0.25) is 9.20 Å². The Bertz CT molecular complexity index is 1960. The van der Waals surface area contributed by atoms with Gasteiger partial charge in [0.25, 0.3) is 0 Å². The number of benzene rings is 3. The smallest absolute Gasteiger partial charge is 0.228 e. The third kappa shape index (κ3) is 6.43. The highest BCUT2D eigenvalue weighted by Crippen LogP contribution is 2.35. The number of fused-ring (bicyclic) bond motifs is 1. The molecule has 1 fully saturated rings. The van der Waals surface area contributed by atoms with E-state index in [1.165, 1.54) is 5.69 Å². The highest BCUT2D eigenvalue weighted by molar-refractivity contribution is 7.15. The third-order valence-electron chi connectivity index (χ3n) is 7.73. The molecule has 4 heterocycles. The molecule has 0 unspecified atom stereocenters. The number of nitrogens with one attached hydrogen (secondary N) is 2. The molecule has 6 aromatic rings. The first-order valence-corrected chi connectivity index (χ1v) is 15.8. The van der Waals surface area contributed by atoms with Crippen LogP contribution in [0.5, 0.6) is 0 Å². The zero-order chi connectivity index (χ0) is 30.8. The number of rotatable bonds is 8. The van der Waals surface area contributed by atoms with E-state index < -0.39 is 0 Å². The van der Waals surface area contributed by atoms with Gasteiger partial charge in [0, 0.05) is 53.5 Å². The molecule has 226 valence electrons. The number of hydrogen-bond acceptors (Lipinski definition) is 8. The van der Waals surface area contributed by atoms with Crippen LogP contribution in [0.15, 0.2) is 90.6 Å². The van der Waals surface area contributed by atoms with E-state index >= 15 is 0 Å². The van der Waals surface area contributed by atoms with Gasteiger partial charge in [0.2, 0.25) is 11.9 Å². The fourth-order valence-corrected chi connectivity index (χ4v) is 6.51. The fourth-order valence-electron chi connectivity index (χ4n) is 5.79. The van der Waals surface area contributed by atoms with Crippen LogP contribution in [-0.4, -0.2) is 51.6 Å². The second kappa shape index (κ2) is 12.5. The third-order valence-corrected chi connectivity index (χ3v) is 8.48. The molecule has 3 aromatic carbocycles. The van der Waals surface area contributed by atoms with Crippen LogP contribution in [0.25, 0.3) is 27.6 Å². The molecule has 0 aliphatic carbocycles. The number of imidazole rings is 1. The summed E-state index contributed by atoms with van der Waals surface area (Å²) in [6.07, 6.45) is 4.07. The first-order chi connectivity index (χ1) is 22.0. The van der Waals surface area contributed by atoms with E-state index in [0.29, 0.717) is 12.4 Å². The monoisotopic (exact) mass is 615 g/mol. The second-order valence-corrected chi connectivity index (χ2v) is 12.1. The summed E-state index contributed by atoms with van der Waals surface area (Å²) in [6, 6.07) is 24.2. The molecule has 1 saturated heterocycles. The van der Waals surface area contributed by atoms with Gasteiger partial charge in [-0.1, -0.05) is 41.5 Å². The molecule has 0 saturated carbocycles. The van der Waals surface area contributed by atoms with Crippen molar-refractivity contribution in [3.63, 3.8) is 0 Å². The number of aromatic nitrogens is 4. The van der Waals surface area contributed by atoms with Gasteiger partial charge in [-0.2, -0.15) is 0 Å². The van der Waals surface area contributed by atoms with Crippen molar-refractivity contribution in [1.29, 1.82) is 0 Å². The standard InChI is InChI=1S/C35H33N7O2S/c1-23-18-24(2)20-25(19-23)21-31(43)37-28-5-3-4-26(22-28)32-33(42-14-17-45-35(42)40-32)30-10-11-36-34(39-30)38-27-6-8-29(9-7-27)41-12-15-44-16-13-41/h3-11,14,17-20,22H,12-13,15-16,21H2,1-2H3,(H,37,43)(H,36,38,39). The molecule has 45 heavy (non-hydrogen) atoms. The minimum Gasteiger partial charge on any atom is -0.378 e. The van der Waals surface area contributed by atoms with Crippen molar-refractivity contribution in [2.75, 3.05) is 41.8 Å². The lowest BCUT2D eigenvalue weighted by Gasteiger charge is -2.28. The first-order valence-electron chi connectivity index (χ1n) is 14.9. The fraction of sp³-hybridized carbons (Fsp3) is 0.200. The molecular weight excluding hydrogens is 582 g/mol. The summed E-state index contributed by atoms with van der Waals surface area (Å²) in [7, 11) is 0. The Labute approximate surface area is 265 Å². The SMILES string of the molecule is Cc1cc(C)cc(CC(=O)Nc2cccc(-c3nc4sccn4c3-c3ccnc(Nc4ccc(N5CCOCC5)cc4)n3)c2)c1. The molecule has 1 amide bonds. The minimum atomic E-state index is -0.0623. The summed E-state index contributed by atoms with van der Waals surface area (Å²) in [5, 5.41) is 8.44. The first kappa shape index (κ1) is 28.7. The predicted molar refractivity (Wildman–Crippen MR) is 181 cm³/mol. The maximum Gasteiger partial charge on any atom is 0.228 e. The van der Waals surface area contributed by atoms with Crippen LogP contribution in [0.1, 0.15) is 16.7 Å². The molecule has 0 spiro atoms. The van der Waals surface area contributed by atoms with E-state index in [9.17, 15) is 4.79 Å². The Morgan fingerprint density at radius 1 is 0.933 bits per heavy atom. The number of carbonyl (C=O) groups excluding carboxylic acids is 1. The van der Waals surface area contributed by atoms with E-state index in [1.54, 1.807) is 17.5 Å². The molecule has 3 aromatic heterocycles. The van der Waals surface area contributed by atoms with Gasteiger partial charge in [0.1, 0.15) is 5.69 Å². The maximum atomic E-state index is 13.0. The number of anilines is 4. The number of nitrogens with zero attached hydrogens (tertiary/aromatic N) is 5. The molecule has 0 radical (unpaired) electrons. The van der Waals surface area contributed by atoms with Gasteiger partial charge >= 0.3 is 0 Å². The summed E-state index contributed by atoms with van der Waals surface area (Å²) < 4.78 is 7.53. The highest BCUT2D eigenvalue weighted by atomic mass is 32.1. The second-order valence-electron chi connectivity index (χ2n) is 11.2. The summed E-state index contributed by atoms with van der Waals surface area (Å²) in [4.78, 5) is 30.5. The number of ether oxygens (including phenoxy) is 1. The number of amides is 1. The lowest BCUT2D eigenvalue weighted by atomic mass is 10.0. The number of carbonyl (C=O) groups is 1. The van der Waals surface area contributed by atoms with E-state index in [4.69, 9.17) is 14.7 Å². The Morgan fingerprint density at radius 2 is 1.73 bits per heavy atom. The van der Waals surface area contributed by atoms with Crippen molar-refractivity contribution in [1.82, 2.24) is 19.4 Å². The van der Waals surface area contributed by atoms with Gasteiger partial charge in [0.15, 0.2) is 4.96 Å². The average molecular weight is 616 g/mol. The summed E-state index contributed by atoms with van der Waals surface area (Å²) in [5.74, 6) is 0.433. The zero-order valence-corrected chi connectivity index (χ0v) is 26.0. The van der Waals surface area contributed by atoms with Crippen LogP contribution in [0.4, 0.5) is 23.0 Å².